The van der Waals surface area contributed by atoms with Crippen molar-refractivity contribution in [1.29, 1.82) is 0 Å². The first-order valence-electron chi connectivity index (χ1n) is 7.04. The summed E-state index contributed by atoms with van der Waals surface area (Å²) in [5.41, 5.74) is 2.00. The second kappa shape index (κ2) is 7.38. The van der Waals surface area contributed by atoms with Crippen LogP contribution in [0.25, 0.3) is 11.3 Å². The summed E-state index contributed by atoms with van der Waals surface area (Å²) in [6, 6.07) is 9.97. The molecule has 2 heterocycles. The molecule has 0 saturated heterocycles. The van der Waals surface area contributed by atoms with Gasteiger partial charge < -0.3 is 0 Å². The van der Waals surface area contributed by atoms with Crippen LogP contribution in [0.1, 0.15) is 6.92 Å². The number of thioether (sulfide) groups is 1. The summed E-state index contributed by atoms with van der Waals surface area (Å²) in [5.74, 6) is 0.474. The smallest absolute Gasteiger partial charge is 0.288 e. The zero-order chi connectivity index (χ0) is 16.1. The molecular formula is C15H15N4O2S2+. The van der Waals surface area contributed by atoms with Gasteiger partial charge in [0, 0.05) is 10.9 Å². The molecule has 0 fully saturated rings. The van der Waals surface area contributed by atoms with Gasteiger partial charge in [-0.3, -0.25) is 14.6 Å². The van der Waals surface area contributed by atoms with Crippen molar-refractivity contribution >= 4 is 34.9 Å². The number of aromatic nitrogens is 3. The fourth-order valence-corrected chi connectivity index (χ4v) is 3.48. The number of amides is 1. The molecule has 23 heavy (non-hydrogen) atoms. The molecule has 0 spiro atoms. The first kappa shape index (κ1) is 15.7. The first-order chi connectivity index (χ1) is 11.2. The maximum atomic E-state index is 11.9. The third-order valence-corrected chi connectivity index (χ3v) is 5.00. The van der Waals surface area contributed by atoms with Crippen LogP contribution in [-0.2, 0) is 11.3 Å². The molecule has 0 saturated carbocycles. The summed E-state index contributed by atoms with van der Waals surface area (Å²) in [4.78, 5) is 16.4. The Kier molecular flexibility index (Phi) is 5.04. The first-order valence-corrected chi connectivity index (χ1v) is 8.91. The highest BCUT2D eigenvalue weighted by molar-refractivity contribution is 8.01. The van der Waals surface area contributed by atoms with Crippen molar-refractivity contribution in [3.63, 3.8) is 0 Å². The minimum absolute atomic E-state index is 0.147. The van der Waals surface area contributed by atoms with E-state index in [4.69, 9.17) is 4.52 Å². The molecule has 3 aromatic rings. The number of aryl methyl sites for hydroxylation is 1. The van der Waals surface area contributed by atoms with Crippen LogP contribution in [0.5, 0.6) is 0 Å². The zero-order valence-electron chi connectivity index (χ0n) is 12.4. The Hall–Kier alpha value is -2.19. The number of benzene rings is 1. The van der Waals surface area contributed by atoms with Gasteiger partial charge in [0.2, 0.25) is 11.2 Å². The molecule has 6 nitrogen and oxygen atoms in total. The molecule has 0 unspecified atom stereocenters. The number of hydrogen-bond acceptors (Lipinski definition) is 6. The highest BCUT2D eigenvalue weighted by Gasteiger charge is 2.13. The number of carbonyl (C=O) groups is 1. The Balaban J connectivity index is 1.54. The fraction of sp³-hybridized carbons (Fsp3) is 0.200. The minimum Gasteiger partial charge on any atom is -0.288 e. The van der Waals surface area contributed by atoms with Gasteiger partial charge in [0.05, 0.1) is 11.4 Å². The van der Waals surface area contributed by atoms with E-state index in [0.29, 0.717) is 12.4 Å². The topological polar surface area (TPSA) is 71.9 Å². The lowest BCUT2D eigenvalue weighted by Gasteiger charge is -1.97. The fourth-order valence-electron chi connectivity index (χ4n) is 1.85. The van der Waals surface area contributed by atoms with Crippen molar-refractivity contribution in [3.8, 4) is 11.3 Å². The van der Waals surface area contributed by atoms with Gasteiger partial charge in [-0.25, -0.2) is 4.98 Å². The van der Waals surface area contributed by atoms with Crippen molar-refractivity contribution in [2.75, 3.05) is 11.1 Å². The lowest BCUT2D eigenvalue weighted by atomic mass is 10.2. The third kappa shape index (κ3) is 4.17. The van der Waals surface area contributed by atoms with Crippen LogP contribution in [0.4, 0.5) is 5.88 Å². The molecule has 0 aliphatic rings. The minimum atomic E-state index is -0.147. The second-order valence-electron chi connectivity index (χ2n) is 4.62. The van der Waals surface area contributed by atoms with E-state index in [0.717, 1.165) is 15.6 Å². The standard InChI is InChI=1S/C15H14N4O2S2/c1-2-19-8-14(21-18-19)17-13(20)10-23-15-16-12(9-22-15)11-6-4-3-5-7-11/h3-9H,2,10H2,1H3/p+1. The quantitative estimate of drug-likeness (QED) is 0.548. The Morgan fingerprint density at radius 3 is 2.96 bits per heavy atom. The van der Waals surface area contributed by atoms with E-state index in [9.17, 15) is 4.79 Å². The molecule has 0 bridgehead atoms. The van der Waals surface area contributed by atoms with Gasteiger partial charge in [-0.1, -0.05) is 46.8 Å². The predicted molar refractivity (Wildman–Crippen MR) is 89.3 cm³/mol. The monoisotopic (exact) mass is 347 g/mol. The van der Waals surface area contributed by atoms with Crippen LogP contribution >= 0.6 is 23.1 Å². The lowest BCUT2D eigenvalue weighted by Crippen LogP contribution is -2.32. The zero-order valence-corrected chi connectivity index (χ0v) is 14.1. The van der Waals surface area contributed by atoms with E-state index in [1.54, 1.807) is 10.9 Å². The van der Waals surface area contributed by atoms with E-state index >= 15 is 0 Å². The van der Waals surface area contributed by atoms with Gasteiger partial charge in [-0.15, -0.1) is 11.3 Å². The Bertz CT molecular complexity index is 786. The van der Waals surface area contributed by atoms with Crippen molar-refractivity contribution in [2.45, 2.75) is 17.8 Å². The Labute approximate surface area is 141 Å². The van der Waals surface area contributed by atoms with Crippen molar-refractivity contribution in [3.05, 3.63) is 41.9 Å². The molecule has 8 heteroatoms. The van der Waals surface area contributed by atoms with Gasteiger partial charge in [0.1, 0.15) is 0 Å². The van der Waals surface area contributed by atoms with Crippen molar-refractivity contribution < 1.29 is 14.0 Å². The normalized spacial score (nSPS) is 10.7. The molecule has 0 aliphatic heterocycles. The lowest BCUT2D eigenvalue weighted by molar-refractivity contribution is -0.759. The number of hydrogen-bond donors (Lipinski definition) is 1. The van der Waals surface area contributed by atoms with Crippen molar-refractivity contribution in [1.82, 2.24) is 10.3 Å². The summed E-state index contributed by atoms with van der Waals surface area (Å²) in [6.07, 6.45) is 1.65. The van der Waals surface area contributed by atoms with Crippen LogP contribution in [0.2, 0.25) is 0 Å². The molecule has 1 N–H and O–H groups in total. The third-order valence-electron chi connectivity index (χ3n) is 2.98. The summed E-state index contributed by atoms with van der Waals surface area (Å²) in [6.45, 7) is 2.63. The van der Waals surface area contributed by atoms with Crippen molar-refractivity contribution in [2.24, 2.45) is 0 Å². The number of nitrogens with one attached hydrogen (secondary N) is 1. The number of thiazole rings is 1. The van der Waals surface area contributed by atoms with E-state index in [-0.39, 0.29) is 11.7 Å². The van der Waals surface area contributed by atoms with E-state index in [1.165, 1.54) is 23.1 Å². The average molecular weight is 347 g/mol. The largest absolute Gasteiger partial charge is 0.302 e. The molecule has 1 amide bonds. The van der Waals surface area contributed by atoms with Gasteiger partial charge in [0.15, 0.2) is 10.9 Å². The summed E-state index contributed by atoms with van der Waals surface area (Å²) in [5, 5.41) is 8.42. The van der Waals surface area contributed by atoms with E-state index in [2.05, 4.69) is 15.6 Å². The molecular weight excluding hydrogens is 332 g/mol. The number of carbonyl (C=O) groups excluding carboxylic acids is 1. The van der Waals surface area contributed by atoms with Gasteiger partial charge in [-0.05, 0) is 6.92 Å². The maximum absolute atomic E-state index is 11.9. The molecule has 118 valence electrons. The summed E-state index contributed by atoms with van der Waals surface area (Å²) >= 11 is 2.93. The molecule has 0 radical (unpaired) electrons. The number of rotatable bonds is 6. The van der Waals surface area contributed by atoms with Crippen LogP contribution < -0.4 is 10.00 Å². The van der Waals surface area contributed by atoms with Crippen LogP contribution in [-0.4, -0.2) is 21.9 Å². The molecule has 3 rings (SSSR count). The van der Waals surface area contributed by atoms with E-state index < -0.39 is 0 Å². The van der Waals surface area contributed by atoms with Gasteiger partial charge >= 0.3 is 5.88 Å². The van der Waals surface area contributed by atoms with Crippen LogP contribution in [0.15, 0.2) is 50.8 Å². The SMILES string of the molecule is CC[n+]1cc(NC(=O)CSc2nc(-c3ccccc3)cs2)on1. The van der Waals surface area contributed by atoms with Crippen LogP contribution in [0.3, 0.4) is 0 Å². The van der Waals surface area contributed by atoms with E-state index in [1.807, 2.05) is 42.6 Å². The molecule has 2 aromatic heterocycles. The number of anilines is 1. The predicted octanol–water partition coefficient (Wildman–Crippen LogP) is 2.84. The summed E-state index contributed by atoms with van der Waals surface area (Å²) in [7, 11) is 0. The highest BCUT2D eigenvalue weighted by Crippen LogP contribution is 2.28. The molecule has 0 aliphatic carbocycles. The average Bonchev–Trinajstić information content (AvgIpc) is 3.23. The highest BCUT2D eigenvalue weighted by atomic mass is 32.2. The molecule has 0 atom stereocenters. The van der Waals surface area contributed by atoms with Gasteiger partial charge in [-0.2, -0.15) is 0 Å². The van der Waals surface area contributed by atoms with Gasteiger partial charge in [0.25, 0.3) is 6.20 Å². The Morgan fingerprint density at radius 2 is 2.22 bits per heavy atom. The van der Waals surface area contributed by atoms with Crippen LogP contribution in [0, 0.1) is 0 Å². The molecule has 1 aromatic carbocycles. The Morgan fingerprint density at radius 1 is 1.39 bits per heavy atom. The summed E-state index contributed by atoms with van der Waals surface area (Å²) < 4.78 is 7.47. The maximum Gasteiger partial charge on any atom is 0.302 e. The number of nitrogens with zero attached hydrogens (tertiary/aromatic N) is 3. The second-order valence-corrected chi connectivity index (χ2v) is 6.70.